The summed E-state index contributed by atoms with van der Waals surface area (Å²) in [4.78, 5) is 0. The Morgan fingerprint density at radius 3 is 2.33 bits per heavy atom. The Balaban J connectivity index is 2.04. The van der Waals surface area contributed by atoms with E-state index in [1.54, 1.807) is 0 Å². The topological polar surface area (TPSA) is 0 Å². The first kappa shape index (κ1) is 5.03. The van der Waals surface area contributed by atoms with Gasteiger partial charge in [-0.2, -0.15) is 0 Å². The van der Waals surface area contributed by atoms with Gasteiger partial charge >= 0.3 is 0 Å². The van der Waals surface area contributed by atoms with Crippen LogP contribution in [0.4, 0.5) is 0 Å². The highest BCUT2D eigenvalue weighted by Crippen LogP contribution is 2.78. The first-order chi connectivity index (χ1) is 4.30. The van der Waals surface area contributed by atoms with Gasteiger partial charge in [-0.15, -0.1) is 11.6 Å². The van der Waals surface area contributed by atoms with Gasteiger partial charge in [0.2, 0.25) is 0 Å². The zero-order valence-corrected chi connectivity index (χ0v) is 6.23. The Morgan fingerprint density at radius 2 is 1.89 bits per heavy atom. The minimum Gasteiger partial charge on any atom is -0.117 e. The van der Waals surface area contributed by atoms with Crippen LogP contribution in [0.5, 0.6) is 0 Å². The number of allylic oxidation sites excluding steroid dienone is 2. The summed E-state index contributed by atoms with van der Waals surface area (Å²) >= 11 is 11.8. The van der Waals surface area contributed by atoms with E-state index in [0.29, 0.717) is 0 Å². The normalized spacial score (nSPS) is 66.4. The number of hydrogen-bond donors (Lipinski definition) is 0. The molecule has 2 heteroatoms. The quantitative estimate of drug-likeness (QED) is 0.478. The van der Waals surface area contributed by atoms with Gasteiger partial charge in [-0.3, -0.25) is 0 Å². The molecule has 0 aromatic carbocycles. The number of hydrogen-bond acceptors (Lipinski definition) is 0. The van der Waals surface area contributed by atoms with Crippen LogP contribution in [0.1, 0.15) is 0 Å². The maximum absolute atomic E-state index is 5.98. The van der Waals surface area contributed by atoms with Crippen LogP contribution in [-0.2, 0) is 0 Å². The Hall–Kier alpha value is 0.320. The molecule has 3 unspecified atom stereocenters. The summed E-state index contributed by atoms with van der Waals surface area (Å²) in [5, 5.41) is 1.07. The Morgan fingerprint density at radius 1 is 1.22 bits per heavy atom. The molecule has 9 heavy (non-hydrogen) atoms. The van der Waals surface area contributed by atoms with Gasteiger partial charge in [-0.25, -0.2) is 0 Å². The lowest BCUT2D eigenvalue weighted by atomic mass is 9.95. The monoisotopic (exact) mass is 160 g/mol. The molecule has 4 aliphatic rings. The number of alkyl halides is 1. The van der Waals surface area contributed by atoms with Gasteiger partial charge in [0.05, 0.1) is 5.38 Å². The second-order valence-corrected chi connectivity index (χ2v) is 4.17. The molecule has 0 aromatic rings. The third-order valence-electron chi connectivity index (χ3n) is 2.89. The summed E-state index contributed by atoms with van der Waals surface area (Å²) in [6.07, 6.45) is 2.15. The molecular weight excluding hydrogens is 155 g/mol. The van der Waals surface area contributed by atoms with Gasteiger partial charge in [0.25, 0.3) is 0 Å². The molecule has 0 N–H and O–H groups in total. The Bertz CT molecular complexity index is 199. The average Bonchev–Trinajstić information content (AvgIpc) is 2.61. The van der Waals surface area contributed by atoms with Crippen LogP contribution >= 0.6 is 23.2 Å². The molecule has 0 spiro atoms. The van der Waals surface area contributed by atoms with Gasteiger partial charge in [0, 0.05) is 5.03 Å². The van der Waals surface area contributed by atoms with E-state index in [4.69, 9.17) is 23.2 Å². The second-order valence-electron chi connectivity index (χ2n) is 3.26. The standard InChI is InChI=1S/C7H6Cl2/c8-3-1-2-4-5(2)6(4)7(3)9/h1-2,4-7H/t2?,4-,5?,6?,7+/m1/s1. The summed E-state index contributed by atoms with van der Waals surface area (Å²) in [7, 11) is 0. The summed E-state index contributed by atoms with van der Waals surface area (Å²) in [6, 6.07) is 0. The lowest BCUT2D eigenvalue weighted by Gasteiger charge is -2.20. The summed E-state index contributed by atoms with van der Waals surface area (Å²) < 4.78 is 0. The van der Waals surface area contributed by atoms with Gasteiger partial charge in [0.1, 0.15) is 0 Å². The van der Waals surface area contributed by atoms with Crippen LogP contribution < -0.4 is 0 Å². The van der Waals surface area contributed by atoms with E-state index in [2.05, 4.69) is 6.08 Å². The lowest BCUT2D eigenvalue weighted by Crippen LogP contribution is -2.18. The predicted octanol–water partition coefficient (Wildman–Crippen LogP) is 2.22. The van der Waals surface area contributed by atoms with Crippen molar-refractivity contribution in [2.24, 2.45) is 23.7 Å². The summed E-state index contributed by atoms with van der Waals surface area (Å²) in [5.74, 6) is 3.52. The van der Waals surface area contributed by atoms with E-state index in [0.717, 1.165) is 28.7 Å². The van der Waals surface area contributed by atoms with E-state index in [9.17, 15) is 0 Å². The molecule has 0 radical (unpaired) electrons. The fourth-order valence-corrected chi connectivity index (χ4v) is 2.91. The first-order valence-electron chi connectivity index (χ1n) is 3.32. The molecule has 2 bridgehead atoms. The third kappa shape index (κ3) is 0.414. The largest absolute Gasteiger partial charge is 0.117 e. The molecule has 5 atom stereocenters. The molecule has 0 saturated heterocycles. The van der Waals surface area contributed by atoms with Crippen molar-refractivity contribution >= 4 is 23.2 Å². The SMILES string of the molecule is ClC1=CC2C3C([C@H]23)[C@H]1Cl. The highest BCUT2D eigenvalue weighted by molar-refractivity contribution is 6.38. The van der Waals surface area contributed by atoms with Crippen LogP contribution in [0.3, 0.4) is 0 Å². The lowest BCUT2D eigenvalue weighted by molar-refractivity contribution is 0.516. The van der Waals surface area contributed by atoms with Crippen molar-refractivity contribution in [2.75, 3.05) is 0 Å². The van der Waals surface area contributed by atoms with Crippen molar-refractivity contribution in [3.05, 3.63) is 11.1 Å². The van der Waals surface area contributed by atoms with Crippen molar-refractivity contribution in [1.29, 1.82) is 0 Å². The number of fused-ring (bicyclic) bond motifs is 1. The zero-order chi connectivity index (χ0) is 6.17. The van der Waals surface area contributed by atoms with Gasteiger partial charge in [-0.1, -0.05) is 17.7 Å². The highest BCUT2D eigenvalue weighted by Gasteiger charge is 2.76. The van der Waals surface area contributed by atoms with E-state index in [-0.39, 0.29) is 5.38 Å². The van der Waals surface area contributed by atoms with Crippen molar-refractivity contribution < 1.29 is 0 Å². The summed E-state index contributed by atoms with van der Waals surface area (Å²) in [5.41, 5.74) is 0. The summed E-state index contributed by atoms with van der Waals surface area (Å²) in [6.45, 7) is 0. The molecule has 2 fully saturated rings. The van der Waals surface area contributed by atoms with Gasteiger partial charge < -0.3 is 0 Å². The molecule has 4 aliphatic carbocycles. The minimum atomic E-state index is 0.173. The fraction of sp³-hybridized carbons (Fsp3) is 0.714. The van der Waals surface area contributed by atoms with E-state index < -0.39 is 0 Å². The maximum atomic E-state index is 5.98. The third-order valence-corrected chi connectivity index (χ3v) is 3.89. The molecule has 0 heterocycles. The minimum absolute atomic E-state index is 0.173. The fourth-order valence-electron chi connectivity index (χ4n) is 2.21. The van der Waals surface area contributed by atoms with Crippen molar-refractivity contribution in [1.82, 2.24) is 0 Å². The Labute approximate surface area is 63.8 Å². The van der Waals surface area contributed by atoms with Crippen molar-refractivity contribution in [3.8, 4) is 0 Å². The van der Waals surface area contributed by atoms with Crippen LogP contribution in [0.25, 0.3) is 0 Å². The van der Waals surface area contributed by atoms with E-state index >= 15 is 0 Å². The van der Waals surface area contributed by atoms with Crippen LogP contribution in [0.15, 0.2) is 11.1 Å². The zero-order valence-electron chi connectivity index (χ0n) is 4.72. The molecule has 48 valence electrons. The van der Waals surface area contributed by atoms with E-state index in [1.165, 1.54) is 0 Å². The molecule has 0 aromatic heterocycles. The molecule has 2 saturated carbocycles. The van der Waals surface area contributed by atoms with Crippen LogP contribution in [0, 0.1) is 23.7 Å². The highest BCUT2D eigenvalue weighted by atomic mass is 35.5. The number of rotatable bonds is 0. The van der Waals surface area contributed by atoms with Crippen LogP contribution in [0.2, 0.25) is 0 Å². The average molecular weight is 161 g/mol. The second kappa shape index (κ2) is 1.19. The van der Waals surface area contributed by atoms with Crippen molar-refractivity contribution in [2.45, 2.75) is 5.38 Å². The molecule has 0 nitrogen and oxygen atoms in total. The molecule has 4 rings (SSSR count). The maximum Gasteiger partial charge on any atom is 0.0723 e. The predicted molar refractivity (Wildman–Crippen MR) is 37.5 cm³/mol. The molecule has 0 aliphatic heterocycles. The molecule has 0 amide bonds. The van der Waals surface area contributed by atoms with E-state index in [1.807, 2.05) is 0 Å². The van der Waals surface area contributed by atoms with Gasteiger partial charge in [-0.05, 0) is 23.7 Å². The Kier molecular flexibility index (Phi) is 0.668. The van der Waals surface area contributed by atoms with Crippen LogP contribution in [-0.4, -0.2) is 5.38 Å². The van der Waals surface area contributed by atoms with Gasteiger partial charge in [0.15, 0.2) is 0 Å². The number of halogens is 2. The van der Waals surface area contributed by atoms with Crippen molar-refractivity contribution in [3.63, 3.8) is 0 Å². The smallest absolute Gasteiger partial charge is 0.0723 e. The molecular formula is C7H6Cl2. The first-order valence-corrected chi connectivity index (χ1v) is 4.13.